The zero-order valence-corrected chi connectivity index (χ0v) is 13.1. The first-order chi connectivity index (χ1) is 10.4. The number of rotatable bonds is 7. The number of aliphatic carboxylic acids is 1. The van der Waals surface area contributed by atoms with E-state index in [4.69, 9.17) is 19.3 Å². The molecule has 1 saturated carbocycles. The lowest BCUT2D eigenvalue weighted by atomic mass is 10.1. The van der Waals surface area contributed by atoms with Gasteiger partial charge in [0.1, 0.15) is 6.61 Å². The monoisotopic (exact) mass is 312 g/mol. The van der Waals surface area contributed by atoms with Crippen LogP contribution >= 0.6 is 0 Å². The summed E-state index contributed by atoms with van der Waals surface area (Å²) in [7, 11) is 0. The SMILES string of the molecule is CC1(C)C(/C=C\C(=O)OCCOC2CCCCO2)C1C(=O)O. The number of esters is 1. The van der Waals surface area contributed by atoms with Crippen LogP contribution in [-0.4, -0.2) is 43.2 Å². The summed E-state index contributed by atoms with van der Waals surface area (Å²) in [5, 5.41) is 9.04. The fourth-order valence-electron chi connectivity index (χ4n) is 2.90. The van der Waals surface area contributed by atoms with E-state index in [1.807, 2.05) is 13.8 Å². The van der Waals surface area contributed by atoms with Crippen molar-refractivity contribution in [1.82, 2.24) is 0 Å². The molecule has 6 nitrogen and oxygen atoms in total. The molecule has 0 bridgehead atoms. The minimum atomic E-state index is -0.825. The number of allylic oxidation sites excluding steroid dienone is 1. The van der Waals surface area contributed by atoms with Crippen molar-refractivity contribution in [2.45, 2.75) is 39.4 Å². The van der Waals surface area contributed by atoms with Gasteiger partial charge in [-0.3, -0.25) is 4.79 Å². The van der Waals surface area contributed by atoms with Crippen LogP contribution in [0.15, 0.2) is 12.2 Å². The van der Waals surface area contributed by atoms with E-state index in [1.54, 1.807) is 6.08 Å². The van der Waals surface area contributed by atoms with Crippen molar-refractivity contribution in [2.75, 3.05) is 19.8 Å². The first kappa shape index (κ1) is 17.0. The molecule has 0 spiro atoms. The van der Waals surface area contributed by atoms with Crippen molar-refractivity contribution in [3.63, 3.8) is 0 Å². The van der Waals surface area contributed by atoms with Gasteiger partial charge in [-0.05, 0) is 30.6 Å². The van der Waals surface area contributed by atoms with Gasteiger partial charge in [0.2, 0.25) is 0 Å². The molecule has 0 aromatic rings. The van der Waals surface area contributed by atoms with Gasteiger partial charge in [0.05, 0.1) is 12.5 Å². The van der Waals surface area contributed by atoms with Gasteiger partial charge in [0.15, 0.2) is 6.29 Å². The third-order valence-corrected chi connectivity index (χ3v) is 4.39. The Balaban J connectivity index is 1.62. The molecule has 0 aromatic heterocycles. The molecule has 2 fully saturated rings. The highest BCUT2D eigenvalue weighted by Crippen LogP contribution is 2.58. The van der Waals surface area contributed by atoms with Gasteiger partial charge < -0.3 is 19.3 Å². The maximum Gasteiger partial charge on any atom is 0.330 e. The second-order valence-electron chi connectivity index (χ2n) is 6.36. The minimum absolute atomic E-state index is 0.121. The quantitative estimate of drug-likeness (QED) is 0.440. The Bertz CT molecular complexity index is 436. The molecule has 2 rings (SSSR count). The number of carboxylic acids is 1. The summed E-state index contributed by atoms with van der Waals surface area (Å²) in [5.41, 5.74) is -0.302. The van der Waals surface area contributed by atoms with E-state index in [0.717, 1.165) is 25.9 Å². The first-order valence-electron chi connectivity index (χ1n) is 7.74. The van der Waals surface area contributed by atoms with E-state index in [1.165, 1.54) is 6.08 Å². The Morgan fingerprint density at radius 1 is 1.32 bits per heavy atom. The van der Waals surface area contributed by atoms with Crippen LogP contribution in [0.4, 0.5) is 0 Å². The van der Waals surface area contributed by atoms with Gasteiger partial charge in [-0.15, -0.1) is 0 Å². The summed E-state index contributed by atoms with van der Waals surface area (Å²) in [5.74, 6) is -1.85. The second kappa shape index (κ2) is 7.24. The Labute approximate surface area is 130 Å². The molecule has 124 valence electrons. The second-order valence-corrected chi connectivity index (χ2v) is 6.36. The molecule has 2 aliphatic rings. The summed E-state index contributed by atoms with van der Waals surface area (Å²) >= 11 is 0. The smallest absolute Gasteiger partial charge is 0.330 e. The van der Waals surface area contributed by atoms with Crippen LogP contribution in [0.2, 0.25) is 0 Å². The highest BCUT2D eigenvalue weighted by atomic mass is 16.7. The van der Waals surface area contributed by atoms with E-state index < -0.39 is 17.9 Å². The standard InChI is InChI=1S/C16H24O6/c1-16(2)11(14(16)15(18)19)6-7-12(17)20-9-10-22-13-5-3-4-8-21-13/h6-7,11,13-14H,3-5,8-10H2,1-2H3,(H,18,19)/b7-6-. The predicted molar refractivity (Wildman–Crippen MR) is 78.0 cm³/mol. The van der Waals surface area contributed by atoms with Crippen LogP contribution in [0.25, 0.3) is 0 Å². The fraction of sp³-hybridized carbons (Fsp3) is 0.750. The van der Waals surface area contributed by atoms with Crippen molar-refractivity contribution in [3.05, 3.63) is 12.2 Å². The number of ether oxygens (including phenoxy) is 3. The molecule has 1 aliphatic heterocycles. The van der Waals surface area contributed by atoms with Crippen LogP contribution in [0.1, 0.15) is 33.1 Å². The van der Waals surface area contributed by atoms with Crippen LogP contribution in [0, 0.1) is 17.3 Å². The minimum Gasteiger partial charge on any atom is -0.481 e. The van der Waals surface area contributed by atoms with Crippen molar-refractivity contribution >= 4 is 11.9 Å². The third kappa shape index (κ3) is 4.30. The van der Waals surface area contributed by atoms with E-state index in [-0.39, 0.29) is 24.2 Å². The summed E-state index contributed by atoms with van der Waals surface area (Å²) in [4.78, 5) is 22.6. The number of carboxylic acid groups (broad SMARTS) is 1. The summed E-state index contributed by atoms with van der Waals surface area (Å²) in [6, 6.07) is 0. The normalized spacial score (nSPS) is 30.2. The maximum atomic E-state index is 11.6. The van der Waals surface area contributed by atoms with E-state index in [9.17, 15) is 9.59 Å². The number of hydrogen-bond acceptors (Lipinski definition) is 5. The molecule has 6 heteroatoms. The molecule has 0 radical (unpaired) electrons. The molecule has 1 N–H and O–H groups in total. The number of carbonyl (C=O) groups is 2. The lowest BCUT2D eigenvalue weighted by molar-refractivity contribution is -0.172. The molecule has 22 heavy (non-hydrogen) atoms. The van der Waals surface area contributed by atoms with Crippen LogP contribution in [0.5, 0.6) is 0 Å². The summed E-state index contributed by atoms with van der Waals surface area (Å²) in [6.45, 7) is 4.94. The number of carbonyl (C=O) groups excluding carboxylic acids is 1. The average Bonchev–Trinajstić information content (AvgIpc) is 3.04. The highest BCUT2D eigenvalue weighted by molar-refractivity contribution is 5.83. The van der Waals surface area contributed by atoms with Crippen molar-refractivity contribution < 1.29 is 28.9 Å². The molecule has 0 amide bonds. The zero-order valence-electron chi connectivity index (χ0n) is 13.1. The van der Waals surface area contributed by atoms with Gasteiger partial charge >= 0.3 is 11.9 Å². The summed E-state index contributed by atoms with van der Waals surface area (Å²) < 4.78 is 15.9. The number of hydrogen-bond donors (Lipinski definition) is 1. The zero-order chi connectivity index (χ0) is 16.2. The Morgan fingerprint density at radius 2 is 2.09 bits per heavy atom. The van der Waals surface area contributed by atoms with Gasteiger partial charge in [0.25, 0.3) is 0 Å². The largest absolute Gasteiger partial charge is 0.481 e. The molecule has 1 aliphatic carbocycles. The fourth-order valence-corrected chi connectivity index (χ4v) is 2.90. The average molecular weight is 312 g/mol. The lowest BCUT2D eigenvalue weighted by Crippen LogP contribution is -2.24. The van der Waals surface area contributed by atoms with E-state index in [0.29, 0.717) is 6.61 Å². The lowest BCUT2D eigenvalue weighted by Gasteiger charge is -2.22. The van der Waals surface area contributed by atoms with E-state index >= 15 is 0 Å². The molecular formula is C16H24O6. The van der Waals surface area contributed by atoms with Crippen molar-refractivity contribution in [3.8, 4) is 0 Å². The maximum absolute atomic E-state index is 11.6. The first-order valence-corrected chi connectivity index (χ1v) is 7.74. The molecule has 3 unspecified atom stereocenters. The van der Waals surface area contributed by atoms with Crippen LogP contribution < -0.4 is 0 Å². The van der Waals surface area contributed by atoms with Crippen molar-refractivity contribution in [1.29, 1.82) is 0 Å². The Kier molecular flexibility index (Phi) is 5.58. The van der Waals surface area contributed by atoms with Gasteiger partial charge in [-0.25, -0.2) is 4.79 Å². The summed E-state index contributed by atoms with van der Waals surface area (Å²) in [6.07, 6.45) is 5.79. The molecular weight excluding hydrogens is 288 g/mol. The van der Waals surface area contributed by atoms with Crippen LogP contribution in [0.3, 0.4) is 0 Å². The molecule has 1 heterocycles. The highest BCUT2D eigenvalue weighted by Gasteiger charge is 2.60. The third-order valence-electron chi connectivity index (χ3n) is 4.39. The molecule has 0 aromatic carbocycles. The van der Waals surface area contributed by atoms with Gasteiger partial charge in [0, 0.05) is 12.7 Å². The predicted octanol–water partition coefficient (Wildman–Crippen LogP) is 1.99. The topological polar surface area (TPSA) is 82.1 Å². The Morgan fingerprint density at radius 3 is 2.68 bits per heavy atom. The van der Waals surface area contributed by atoms with Crippen molar-refractivity contribution in [2.24, 2.45) is 17.3 Å². The van der Waals surface area contributed by atoms with Gasteiger partial charge in [-0.2, -0.15) is 0 Å². The molecule has 3 atom stereocenters. The van der Waals surface area contributed by atoms with Crippen LogP contribution in [-0.2, 0) is 23.8 Å². The van der Waals surface area contributed by atoms with E-state index in [2.05, 4.69) is 0 Å². The Hall–Kier alpha value is -1.40. The molecule has 1 saturated heterocycles. The van der Waals surface area contributed by atoms with Gasteiger partial charge in [-0.1, -0.05) is 19.9 Å².